The molecule has 1 aromatic heterocycles. The van der Waals surface area contributed by atoms with E-state index in [1.807, 2.05) is 12.1 Å². The fraction of sp³-hybridized carbons (Fsp3) is 0.531. The number of β-amino-alcohol motifs (C(OH)–C–C–N with tert-alkyl or cyclic N) is 1. The topological polar surface area (TPSA) is 118 Å². The molecule has 4 heterocycles. The van der Waals surface area contributed by atoms with E-state index in [0.29, 0.717) is 46.7 Å². The number of piperidine rings is 2. The average molecular weight is 642 g/mol. The first kappa shape index (κ1) is 31.4. The van der Waals surface area contributed by atoms with Crippen LogP contribution in [0.25, 0.3) is 10.9 Å². The maximum Gasteiger partial charge on any atom is 0.210 e. The van der Waals surface area contributed by atoms with Crippen LogP contribution in [-0.4, -0.2) is 126 Å². The van der Waals surface area contributed by atoms with Crippen LogP contribution in [0, 0.1) is 0 Å². The Morgan fingerprint density at radius 3 is 2.09 bits per heavy atom. The largest absolute Gasteiger partial charge is 0.508 e. The summed E-state index contributed by atoms with van der Waals surface area (Å²) in [5, 5.41) is 19.7. The van der Waals surface area contributed by atoms with Gasteiger partial charge in [0.1, 0.15) is 10.6 Å². The van der Waals surface area contributed by atoms with Crippen molar-refractivity contribution in [1.82, 2.24) is 19.7 Å². The predicted molar refractivity (Wildman–Crippen MR) is 173 cm³/mol. The Morgan fingerprint density at radius 2 is 1.48 bits per heavy atom. The van der Waals surface area contributed by atoms with Crippen molar-refractivity contribution in [2.45, 2.75) is 52.5 Å². The summed E-state index contributed by atoms with van der Waals surface area (Å²) in [6.07, 6.45) is 7.28. The van der Waals surface area contributed by atoms with Crippen LogP contribution in [0.1, 0.15) is 25.7 Å². The van der Waals surface area contributed by atoms with Gasteiger partial charge in [0.2, 0.25) is 9.84 Å². The number of hydrogen-bond acceptors (Lipinski definition) is 10. The Balaban J connectivity index is 1.19. The molecule has 0 saturated carbocycles. The Kier molecular flexibility index (Phi) is 9.55. The summed E-state index contributed by atoms with van der Waals surface area (Å²) >= 11 is 0. The zero-order valence-corrected chi connectivity index (χ0v) is 27.0. The van der Waals surface area contributed by atoms with Crippen molar-refractivity contribution in [3.8, 4) is 5.75 Å². The molecule has 0 amide bonds. The second-order valence-electron chi connectivity index (χ2n) is 12.2. The lowest BCUT2D eigenvalue weighted by Crippen LogP contribution is -2.55. The summed E-state index contributed by atoms with van der Waals surface area (Å²) < 4.78 is 40.3. The van der Waals surface area contributed by atoms with Gasteiger partial charge < -0.3 is 20.0 Å². The molecule has 6 rings (SSSR count). The number of hydrogen-bond donors (Lipinski definition) is 2. The second kappa shape index (κ2) is 13.4. The van der Waals surface area contributed by atoms with Crippen LogP contribution in [0.2, 0.25) is 0 Å². The zero-order chi connectivity index (χ0) is 30.8. The molecule has 12 heteroatoms. The van der Waals surface area contributed by atoms with E-state index in [0.717, 1.165) is 58.7 Å². The van der Waals surface area contributed by atoms with E-state index in [2.05, 4.69) is 24.6 Å². The van der Waals surface area contributed by atoms with Gasteiger partial charge in [0, 0.05) is 91.4 Å². The third kappa shape index (κ3) is 6.52. The molecule has 1 unspecified atom stereocenters. The zero-order valence-electron chi connectivity index (χ0n) is 25.3. The van der Waals surface area contributed by atoms with Gasteiger partial charge in [-0.3, -0.25) is 19.0 Å². The van der Waals surface area contributed by atoms with Crippen LogP contribution in [0.5, 0.6) is 5.75 Å². The van der Waals surface area contributed by atoms with Gasteiger partial charge in [0.05, 0.1) is 22.7 Å². The van der Waals surface area contributed by atoms with Gasteiger partial charge in [-0.2, -0.15) is 0 Å². The lowest BCUT2D eigenvalue weighted by Gasteiger charge is -2.46. The van der Waals surface area contributed by atoms with Gasteiger partial charge in [-0.05, 0) is 81.2 Å². The predicted octanol–water partition coefficient (Wildman–Crippen LogP) is 2.55. The van der Waals surface area contributed by atoms with E-state index >= 15 is 0 Å². The summed E-state index contributed by atoms with van der Waals surface area (Å²) in [5.74, 6) is 0.00241. The summed E-state index contributed by atoms with van der Waals surface area (Å²) in [6.45, 7) is 8.80. The van der Waals surface area contributed by atoms with Crippen LogP contribution in [0.4, 0.5) is 5.69 Å². The second-order valence-corrected chi connectivity index (χ2v) is 15.5. The molecule has 0 aliphatic carbocycles. The lowest BCUT2D eigenvalue weighted by atomic mass is 9.96. The molecule has 1 atom stereocenters. The highest BCUT2D eigenvalue weighted by atomic mass is 32.2. The maximum absolute atomic E-state index is 14.0. The number of aromatic hydroxyl groups is 1. The molecule has 10 nitrogen and oxygen atoms in total. The number of nitrogens with zero attached hydrogens (tertiary/aromatic N) is 5. The van der Waals surface area contributed by atoms with Gasteiger partial charge in [0.15, 0.2) is 0 Å². The van der Waals surface area contributed by atoms with E-state index in [4.69, 9.17) is 0 Å². The number of likely N-dealkylation sites (tertiary alicyclic amines) is 1. The molecule has 0 spiro atoms. The highest BCUT2D eigenvalue weighted by molar-refractivity contribution is 7.91. The summed E-state index contributed by atoms with van der Waals surface area (Å²) in [7, 11) is -5.17. The summed E-state index contributed by atoms with van der Waals surface area (Å²) in [4.78, 5) is 15.2. The number of sulfone groups is 1. The number of fused-ring (bicyclic) bond motifs is 1. The summed E-state index contributed by atoms with van der Waals surface area (Å²) in [6, 6.07) is 12.1. The Labute approximate surface area is 262 Å². The third-order valence-corrected chi connectivity index (χ3v) is 12.4. The molecule has 44 heavy (non-hydrogen) atoms. The average Bonchev–Trinajstić information content (AvgIpc) is 3.05. The van der Waals surface area contributed by atoms with Crippen molar-refractivity contribution in [2.75, 3.05) is 76.7 Å². The van der Waals surface area contributed by atoms with E-state index in [1.54, 1.807) is 12.3 Å². The van der Waals surface area contributed by atoms with E-state index in [9.17, 15) is 22.8 Å². The van der Waals surface area contributed by atoms with Crippen molar-refractivity contribution >= 4 is 37.2 Å². The van der Waals surface area contributed by atoms with E-state index < -0.39 is 20.6 Å². The molecule has 3 aromatic rings. The highest BCUT2D eigenvalue weighted by Gasteiger charge is 2.34. The Bertz CT molecular complexity index is 1580. The van der Waals surface area contributed by atoms with E-state index in [-0.39, 0.29) is 22.1 Å². The Hall–Kier alpha value is -2.61. The fourth-order valence-corrected chi connectivity index (χ4v) is 9.13. The number of anilines is 1. The molecule has 238 valence electrons. The van der Waals surface area contributed by atoms with Crippen molar-refractivity contribution in [1.29, 1.82) is 0 Å². The minimum Gasteiger partial charge on any atom is -0.508 e. The number of rotatable bonds is 8. The number of phenolic OH excluding ortho intramolecular Hbond substituents is 1. The molecule has 3 fully saturated rings. The standard InChI is InChI=1S/C32H43N5O5S2/c1-43(40)27-4-7-30-29(22-27)32(31(23-33-30)44(41,42)28-5-2-26(39)3-6-28)37-14-10-24(11-15-37)35-12-8-25(9-13-35)36-18-16-34(17-19-36)20-21-38/h2-7,22-25,38-39H,8-21H2,1H3. The number of aliphatic hydroxyl groups is 1. The number of piperazine rings is 1. The minimum absolute atomic E-state index is 0.00241. The number of aromatic nitrogens is 1. The van der Waals surface area contributed by atoms with Gasteiger partial charge in [-0.15, -0.1) is 0 Å². The van der Waals surface area contributed by atoms with E-state index in [1.165, 1.54) is 43.3 Å². The molecule has 3 saturated heterocycles. The first-order valence-electron chi connectivity index (χ1n) is 15.6. The maximum atomic E-state index is 14.0. The van der Waals surface area contributed by atoms with Gasteiger partial charge >= 0.3 is 0 Å². The molecule has 2 aromatic carbocycles. The molecular weight excluding hydrogens is 599 g/mol. The van der Waals surface area contributed by atoms with Crippen LogP contribution in [0.15, 0.2) is 63.3 Å². The monoisotopic (exact) mass is 641 g/mol. The van der Waals surface area contributed by atoms with Gasteiger partial charge in [-0.25, -0.2) is 8.42 Å². The molecule has 0 bridgehead atoms. The SMILES string of the molecule is CS(=O)c1ccc2ncc(S(=O)(=O)c3ccc(O)cc3)c(N3CCC(N4CCC(N5CCN(CCO)CC5)CC4)CC3)c2c1. The Morgan fingerprint density at radius 1 is 0.864 bits per heavy atom. The lowest BCUT2D eigenvalue weighted by molar-refractivity contribution is 0.0396. The van der Waals surface area contributed by atoms with Crippen molar-refractivity contribution < 1.29 is 22.8 Å². The first-order valence-corrected chi connectivity index (χ1v) is 18.7. The third-order valence-electron chi connectivity index (χ3n) is 9.68. The number of phenols is 1. The number of aliphatic hydroxyl groups excluding tert-OH is 1. The fourth-order valence-electron chi connectivity index (χ4n) is 7.16. The van der Waals surface area contributed by atoms with Crippen molar-refractivity contribution in [3.05, 3.63) is 48.7 Å². The van der Waals surface area contributed by atoms with Crippen LogP contribution >= 0.6 is 0 Å². The molecule has 0 radical (unpaired) electrons. The smallest absolute Gasteiger partial charge is 0.210 e. The molecule has 3 aliphatic heterocycles. The van der Waals surface area contributed by atoms with Gasteiger partial charge in [-0.1, -0.05) is 0 Å². The molecule has 2 N–H and O–H groups in total. The first-order chi connectivity index (χ1) is 21.2. The number of pyridine rings is 1. The number of benzene rings is 2. The van der Waals surface area contributed by atoms with Crippen LogP contribution < -0.4 is 4.90 Å². The van der Waals surface area contributed by atoms with Crippen molar-refractivity contribution in [2.24, 2.45) is 0 Å². The van der Waals surface area contributed by atoms with Crippen LogP contribution in [0.3, 0.4) is 0 Å². The normalized spacial score (nSPS) is 21.2. The van der Waals surface area contributed by atoms with Gasteiger partial charge in [0.25, 0.3) is 0 Å². The quantitative estimate of drug-likeness (QED) is 0.380. The molecule has 3 aliphatic rings. The summed E-state index contributed by atoms with van der Waals surface area (Å²) in [5.41, 5.74) is 1.29. The minimum atomic E-state index is -3.94. The highest BCUT2D eigenvalue weighted by Crippen LogP contribution is 2.38. The van der Waals surface area contributed by atoms with Crippen LogP contribution in [-0.2, 0) is 20.6 Å². The molecular formula is C32H43N5O5S2. The van der Waals surface area contributed by atoms with Crippen molar-refractivity contribution in [3.63, 3.8) is 0 Å².